The predicted molar refractivity (Wildman–Crippen MR) is 91.5 cm³/mol. The summed E-state index contributed by atoms with van der Waals surface area (Å²) in [5.74, 6) is 0.551. The normalized spacial score (nSPS) is 14.2. The molecule has 5 heteroatoms. The number of nitrogens with one attached hydrogen (secondary N) is 1. The average molecular weight is 309 g/mol. The largest absolute Gasteiger partial charge is 0.397 e. The van der Waals surface area contributed by atoms with Gasteiger partial charge in [-0.3, -0.25) is 4.79 Å². The lowest BCUT2D eigenvalue weighted by Crippen LogP contribution is -2.24. The smallest absolute Gasteiger partial charge is 0.263 e. The molecule has 1 aromatic heterocycles. The summed E-state index contributed by atoms with van der Waals surface area (Å²) in [4.78, 5) is 15.4. The van der Waals surface area contributed by atoms with Gasteiger partial charge >= 0.3 is 0 Å². The van der Waals surface area contributed by atoms with Crippen molar-refractivity contribution in [2.45, 2.75) is 52.4 Å². The van der Waals surface area contributed by atoms with Crippen LogP contribution in [0.2, 0.25) is 0 Å². The van der Waals surface area contributed by atoms with Crippen LogP contribution in [0.3, 0.4) is 0 Å². The van der Waals surface area contributed by atoms with Crippen molar-refractivity contribution in [3.8, 4) is 0 Å². The number of carbonyl (C=O) groups excluding carboxylic acids is 1. The van der Waals surface area contributed by atoms with E-state index in [-0.39, 0.29) is 5.91 Å². The Morgan fingerprint density at radius 1 is 1.33 bits per heavy atom. The molecule has 3 N–H and O–H groups in total. The van der Waals surface area contributed by atoms with Crippen LogP contribution in [0.1, 0.15) is 67.6 Å². The van der Waals surface area contributed by atoms with Crippen molar-refractivity contribution in [1.29, 1.82) is 0 Å². The highest BCUT2D eigenvalue weighted by Crippen LogP contribution is 2.52. The molecule has 4 nitrogen and oxygen atoms in total. The van der Waals surface area contributed by atoms with Crippen LogP contribution in [0.15, 0.2) is 0 Å². The third-order valence-electron chi connectivity index (χ3n) is 3.85. The van der Waals surface area contributed by atoms with Crippen molar-refractivity contribution in [1.82, 2.24) is 5.32 Å². The van der Waals surface area contributed by atoms with Crippen LogP contribution in [0.25, 0.3) is 0 Å². The van der Waals surface area contributed by atoms with E-state index in [2.05, 4.69) is 31.0 Å². The quantitative estimate of drug-likeness (QED) is 0.771. The molecular weight excluding hydrogens is 282 g/mol. The zero-order valence-corrected chi connectivity index (χ0v) is 14.2. The number of amides is 1. The van der Waals surface area contributed by atoms with Crippen molar-refractivity contribution in [2.75, 3.05) is 30.3 Å². The predicted octanol–water partition coefficient (Wildman–Crippen LogP) is 3.58. The SMILES string of the molecule is CCCNC(=O)c1sc(N(CC)CCC)c(C2CC2)c1N. The van der Waals surface area contributed by atoms with Gasteiger partial charge in [-0.25, -0.2) is 0 Å². The maximum Gasteiger partial charge on any atom is 0.263 e. The first-order valence-electron chi connectivity index (χ1n) is 8.09. The van der Waals surface area contributed by atoms with E-state index < -0.39 is 0 Å². The third-order valence-corrected chi connectivity index (χ3v) is 5.13. The standard InChI is InChI=1S/C16H27N3OS/c1-4-9-18-15(20)14-13(17)12(11-7-8-11)16(21-14)19(6-3)10-5-2/h11H,4-10,17H2,1-3H3,(H,18,20). The molecule has 1 fully saturated rings. The van der Waals surface area contributed by atoms with Crippen LogP contribution in [-0.4, -0.2) is 25.5 Å². The van der Waals surface area contributed by atoms with Gasteiger partial charge in [-0.15, -0.1) is 11.3 Å². The molecule has 0 spiro atoms. The summed E-state index contributed by atoms with van der Waals surface area (Å²) in [6, 6.07) is 0. The van der Waals surface area contributed by atoms with Crippen molar-refractivity contribution >= 4 is 27.9 Å². The molecule has 0 saturated heterocycles. The lowest BCUT2D eigenvalue weighted by atomic mass is 10.1. The van der Waals surface area contributed by atoms with E-state index in [1.54, 1.807) is 11.3 Å². The maximum atomic E-state index is 12.3. The van der Waals surface area contributed by atoms with Gasteiger partial charge in [0.25, 0.3) is 5.91 Å². The number of hydrogen-bond donors (Lipinski definition) is 2. The number of anilines is 2. The number of rotatable bonds is 8. The molecule has 1 saturated carbocycles. The zero-order chi connectivity index (χ0) is 15.4. The van der Waals surface area contributed by atoms with Crippen molar-refractivity contribution in [3.63, 3.8) is 0 Å². The van der Waals surface area contributed by atoms with E-state index in [0.717, 1.165) is 31.6 Å². The van der Waals surface area contributed by atoms with Crippen LogP contribution in [0.4, 0.5) is 10.7 Å². The van der Waals surface area contributed by atoms with E-state index in [0.29, 0.717) is 17.3 Å². The molecule has 0 radical (unpaired) electrons. The summed E-state index contributed by atoms with van der Waals surface area (Å²) in [6.45, 7) is 9.09. The molecule has 0 aliphatic heterocycles. The van der Waals surface area contributed by atoms with Gasteiger partial charge in [0, 0.05) is 25.2 Å². The van der Waals surface area contributed by atoms with Gasteiger partial charge in [0.05, 0.1) is 10.7 Å². The lowest BCUT2D eigenvalue weighted by molar-refractivity contribution is 0.0958. The number of thiophene rings is 1. The molecule has 0 aromatic carbocycles. The fourth-order valence-corrected chi connectivity index (χ4v) is 3.92. The van der Waals surface area contributed by atoms with E-state index in [1.165, 1.54) is 23.4 Å². The Balaban J connectivity index is 2.33. The number of hydrogen-bond acceptors (Lipinski definition) is 4. The molecule has 1 aromatic rings. The van der Waals surface area contributed by atoms with Gasteiger partial charge in [0.2, 0.25) is 0 Å². The Morgan fingerprint density at radius 3 is 2.57 bits per heavy atom. The Labute approximate surface area is 131 Å². The summed E-state index contributed by atoms with van der Waals surface area (Å²) < 4.78 is 0. The zero-order valence-electron chi connectivity index (χ0n) is 13.4. The van der Waals surface area contributed by atoms with Gasteiger partial charge in [0.1, 0.15) is 4.88 Å². The van der Waals surface area contributed by atoms with Crippen molar-refractivity contribution < 1.29 is 4.79 Å². The molecule has 0 unspecified atom stereocenters. The minimum Gasteiger partial charge on any atom is -0.397 e. The molecule has 0 bridgehead atoms. The summed E-state index contributed by atoms with van der Waals surface area (Å²) in [5.41, 5.74) is 8.29. The van der Waals surface area contributed by atoms with Crippen LogP contribution in [0.5, 0.6) is 0 Å². The Bertz CT molecular complexity index is 494. The molecular formula is C16H27N3OS. The fraction of sp³-hybridized carbons (Fsp3) is 0.688. The van der Waals surface area contributed by atoms with E-state index in [9.17, 15) is 4.79 Å². The highest BCUT2D eigenvalue weighted by molar-refractivity contribution is 7.18. The topological polar surface area (TPSA) is 58.4 Å². The summed E-state index contributed by atoms with van der Waals surface area (Å²) in [6.07, 6.45) is 4.45. The van der Waals surface area contributed by atoms with E-state index in [1.807, 2.05) is 0 Å². The van der Waals surface area contributed by atoms with E-state index in [4.69, 9.17) is 5.73 Å². The first kappa shape index (κ1) is 16.1. The fourth-order valence-electron chi connectivity index (χ4n) is 2.61. The van der Waals surface area contributed by atoms with E-state index >= 15 is 0 Å². The highest BCUT2D eigenvalue weighted by atomic mass is 32.1. The second kappa shape index (κ2) is 7.16. The Kier molecular flexibility index (Phi) is 5.51. The van der Waals surface area contributed by atoms with Crippen molar-refractivity contribution in [2.24, 2.45) is 0 Å². The minimum atomic E-state index is -0.0138. The first-order valence-corrected chi connectivity index (χ1v) is 8.90. The van der Waals surface area contributed by atoms with Crippen molar-refractivity contribution in [3.05, 3.63) is 10.4 Å². The number of nitrogens with zero attached hydrogens (tertiary/aromatic N) is 1. The molecule has 1 heterocycles. The van der Waals surface area contributed by atoms with Gasteiger partial charge in [-0.2, -0.15) is 0 Å². The molecule has 21 heavy (non-hydrogen) atoms. The molecule has 0 atom stereocenters. The number of nitrogens with two attached hydrogens (primary N) is 1. The number of nitrogen functional groups attached to an aromatic ring is 1. The first-order chi connectivity index (χ1) is 10.1. The highest BCUT2D eigenvalue weighted by Gasteiger charge is 2.34. The molecule has 1 aliphatic rings. The summed E-state index contributed by atoms with van der Waals surface area (Å²) in [7, 11) is 0. The van der Waals surface area contributed by atoms with Gasteiger partial charge in [-0.05, 0) is 38.5 Å². The Morgan fingerprint density at radius 2 is 2.05 bits per heavy atom. The third kappa shape index (κ3) is 3.51. The average Bonchev–Trinajstić information content (AvgIpc) is 3.25. The van der Waals surface area contributed by atoms with Gasteiger partial charge in [0.15, 0.2) is 0 Å². The maximum absolute atomic E-state index is 12.3. The molecule has 1 amide bonds. The second-order valence-corrected chi connectivity index (χ2v) is 6.67. The van der Waals surface area contributed by atoms with Crippen LogP contribution in [-0.2, 0) is 0 Å². The van der Waals surface area contributed by atoms with Crippen LogP contribution >= 0.6 is 11.3 Å². The van der Waals surface area contributed by atoms with Gasteiger partial charge in [-0.1, -0.05) is 13.8 Å². The second-order valence-electron chi connectivity index (χ2n) is 5.67. The molecule has 2 rings (SSSR count). The number of carbonyl (C=O) groups is 1. The minimum absolute atomic E-state index is 0.0138. The Hall–Kier alpha value is -1.23. The van der Waals surface area contributed by atoms with Gasteiger partial charge < -0.3 is 16.0 Å². The monoisotopic (exact) mass is 309 g/mol. The lowest BCUT2D eigenvalue weighted by Gasteiger charge is -2.22. The summed E-state index contributed by atoms with van der Waals surface area (Å²) in [5, 5.41) is 4.17. The van der Waals surface area contributed by atoms with Crippen LogP contribution < -0.4 is 16.0 Å². The molecule has 118 valence electrons. The summed E-state index contributed by atoms with van der Waals surface area (Å²) >= 11 is 1.57. The molecule has 1 aliphatic carbocycles. The van der Waals surface area contributed by atoms with Crippen LogP contribution in [0, 0.1) is 0 Å².